The zero-order chi connectivity index (χ0) is 21.3. The van der Waals surface area contributed by atoms with Crippen LogP contribution >= 0.6 is 0 Å². The van der Waals surface area contributed by atoms with Crippen molar-refractivity contribution in [1.82, 2.24) is 0 Å². The van der Waals surface area contributed by atoms with Crippen molar-refractivity contribution in [2.24, 2.45) is 0 Å². The lowest BCUT2D eigenvalue weighted by Gasteiger charge is -2.22. The van der Waals surface area contributed by atoms with Gasteiger partial charge in [0, 0.05) is 11.6 Å². The van der Waals surface area contributed by atoms with Gasteiger partial charge in [0.1, 0.15) is 23.4 Å². The first-order valence-corrected chi connectivity index (χ1v) is 9.78. The summed E-state index contributed by atoms with van der Waals surface area (Å²) in [5, 5.41) is 0. The minimum Gasteiger partial charge on any atom is -0.485 e. The van der Waals surface area contributed by atoms with Gasteiger partial charge in [0.2, 0.25) is 5.78 Å². The standard InChI is InChI=1S/C24H22O6/c1-14(2)28-23(25)13-27-18-8-9-19-21(12-18)30-22(24(19)26)11-17-10-16-6-4-5-7-20(16)29-15(17)3/h4-12,14-15H,13H2,1-3H3/t15-/m1/s1. The first kappa shape index (κ1) is 19.8. The molecule has 154 valence electrons. The van der Waals surface area contributed by atoms with Crippen LogP contribution in [0.15, 0.2) is 59.9 Å². The fourth-order valence-electron chi connectivity index (χ4n) is 3.27. The van der Waals surface area contributed by atoms with Crippen LogP contribution in [0.25, 0.3) is 6.08 Å². The number of carbonyl (C=O) groups is 2. The van der Waals surface area contributed by atoms with Crippen molar-refractivity contribution in [1.29, 1.82) is 0 Å². The molecule has 2 aromatic rings. The number of ketones is 1. The van der Waals surface area contributed by atoms with Gasteiger partial charge in [0.15, 0.2) is 12.4 Å². The van der Waals surface area contributed by atoms with E-state index in [9.17, 15) is 9.59 Å². The fourth-order valence-corrected chi connectivity index (χ4v) is 3.27. The van der Waals surface area contributed by atoms with Gasteiger partial charge in [0.05, 0.1) is 11.7 Å². The van der Waals surface area contributed by atoms with Crippen LogP contribution < -0.4 is 14.2 Å². The van der Waals surface area contributed by atoms with Gasteiger partial charge in [-0.3, -0.25) is 4.79 Å². The molecule has 6 nitrogen and oxygen atoms in total. The average molecular weight is 406 g/mol. The number of para-hydroxylation sites is 1. The summed E-state index contributed by atoms with van der Waals surface area (Å²) in [6, 6.07) is 12.6. The predicted octanol–water partition coefficient (Wildman–Crippen LogP) is 4.34. The monoisotopic (exact) mass is 406 g/mol. The largest absolute Gasteiger partial charge is 0.485 e. The van der Waals surface area contributed by atoms with E-state index in [4.69, 9.17) is 18.9 Å². The molecule has 2 heterocycles. The van der Waals surface area contributed by atoms with E-state index in [2.05, 4.69) is 0 Å². The van der Waals surface area contributed by atoms with E-state index in [-0.39, 0.29) is 30.4 Å². The van der Waals surface area contributed by atoms with Gasteiger partial charge in [-0.05, 0) is 56.7 Å². The maximum Gasteiger partial charge on any atom is 0.344 e. The molecule has 0 saturated heterocycles. The van der Waals surface area contributed by atoms with Gasteiger partial charge in [-0.15, -0.1) is 0 Å². The zero-order valence-electron chi connectivity index (χ0n) is 17.0. The Morgan fingerprint density at radius 3 is 2.77 bits per heavy atom. The fraction of sp³-hybridized carbons (Fsp3) is 0.250. The van der Waals surface area contributed by atoms with Crippen LogP contribution in [-0.2, 0) is 9.53 Å². The minimum absolute atomic E-state index is 0.206. The Morgan fingerprint density at radius 1 is 1.17 bits per heavy atom. The normalized spacial score (nSPS) is 18.3. The van der Waals surface area contributed by atoms with Crippen molar-refractivity contribution >= 4 is 17.8 Å². The average Bonchev–Trinajstić information content (AvgIpc) is 3.01. The highest BCUT2D eigenvalue weighted by Gasteiger charge is 2.29. The van der Waals surface area contributed by atoms with Gasteiger partial charge in [-0.25, -0.2) is 4.79 Å². The molecular formula is C24H22O6. The molecule has 2 aliphatic heterocycles. The second-order valence-corrected chi connectivity index (χ2v) is 7.37. The van der Waals surface area contributed by atoms with Crippen molar-refractivity contribution < 1.29 is 28.5 Å². The first-order chi connectivity index (χ1) is 14.4. The second kappa shape index (κ2) is 8.06. The Hall–Kier alpha value is -3.54. The maximum atomic E-state index is 12.7. The SMILES string of the molecule is CC(C)OC(=O)COc1ccc2c(c1)OC(=CC1=Cc3ccccc3O[C@@H]1C)C2=O. The van der Waals surface area contributed by atoms with Crippen LogP contribution in [0, 0.1) is 0 Å². The van der Waals surface area contributed by atoms with E-state index in [1.807, 2.05) is 37.3 Å². The van der Waals surface area contributed by atoms with E-state index in [0.29, 0.717) is 17.1 Å². The number of benzene rings is 2. The molecule has 2 aromatic carbocycles. The van der Waals surface area contributed by atoms with Crippen molar-refractivity contribution in [3.05, 3.63) is 71.0 Å². The number of fused-ring (bicyclic) bond motifs is 2. The number of ether oxygens (including phenoxy) is 4. The Bertz CT molecular complexity index is 1060. The van der Waals surface area contributed by atoms with Crippen molar-refractivity contribution in [2.45, 2.75) is 33.0 Å². The summed E-state index contributed by atoms with van der Waals surface area (Å²) in [7, 11) is 0. The van der Waals surface area contributed by atoms with Crippen LogP contribution in [0.2, 0.25) is 0 Å². The summed E-state index contributed by atoms with van der Waals surface area (Å²) in [4.78, 5) is 24.4. The van der Waals surface area contributed by atoms with E-state index < -0.39 is 5.97 Å². The lowest BCUT2D eigenvalue weighted by atomic mass is 10.0. The predicted molar refractivity (Wildman–Crippen MR) is 111 cm³/mol. The zero-order valence-corrected chi connectivity index (χ0v) is 17.0. The second-order valence-electron chi connectivity index (χ2n) is 7.37. The Balaban J connectivity index is 1.51. The molecule has 30 heavy (non-hydrogen) atoms. The highest BCUT2D eigenvalue weighted by Crippen LogP contribution is 2.36. The Labute approximate surface area is 174 Å². The number of Topliss-reactive ketones (excluding diaryl/α,β-unsaturated/α-hetero) is 1. The lowest BCUT2D eigenvalue weighted by molar-refractivity contribution is -0.149. The molecule has 0 saturated carbocycles. The van der Waals surface area contributed by atoms with E-state index in [1.54, 1.807) is 38.1 Å². The summed E-state index contributed by atoms with van der Waals surface area (Å²) >= 11 is 0. The van der Waals surface area contributed by atoms with Gasteiger partial charge in [-0.1, -0.05) is 18.2 Å². The van der Waals surface area contributed by atoms with E-state index in [0.717, 1.165) is 16.9 Å². The van der Waals surface area contributed by atoms with E-state index >= 15 is 0 Å². The summed E-state index contributed by atoms with van der Waals surface area (Å²) in [6.45, 7) is 5.25. The number of hydrogen-bond donors (Lipinski definition) is 0. The third-order valence-electron chi connectivity index (χ3n) is 4.68. The number of hydrogen-bond acceptors (Lipinski definition) is 6. The van der Waals surface area contributed by atoms with Crippen LogP contribution in [0.5, 0.6) is 17.2 Å². The van der Waals surface area contributed by atoms with Crippen LogP contribution in [0.4, 0.5) is 0 Å². The Kier molecular flexibility index (Phi) is 5.31. The van der Waals surface area contributed by atoms with Crippen molar-refractivity contribution in [2.75, 3.05) is 6.61 Å². The van der Waals surface area contributed by atoms with Crippen LogP contribution in [-0.4, -0.2) is 30.6 Å². The molecule has 0 radical (unpaired) electrons. The van der Waals surface area contributed by atoms with Gasteiger partial charge in [0.25, 0.3) is 0 Å². The molecule has 0 fully saturated rings. The molecule has 0 aromatic heterocycles. The number of rotatable bonds is 5. The summed E-state index contributed by atoms with van der Waals surface area (Å²) in [5.74, 6) is 1.19. The van der Waals surface area contributed by atoms with Crippen LogP contribution in [0.3, 0.4) is 0 Å². The summed E-state index contributed by atoms with van der Waals surface area (Å²) in [6.07, 6.45) is 3.29. The number of esters is 1. The maximum absolute atomic E-state index is 12.7. The third-order valence-corrected chi connectivity index (χ3v) is 4.68. The van der Waals surface area contributed by atoms with Gasteiger partial charge < -0.3 is 18.9 Å². The highest BCUT2D eigenvalue weighted by atomic mass is 16.6. The van der Waals surface area contributed by atoms with Crippen LogP contribution in [0.1, 0.15) is 36.7 Å². The van der Waals surface area contributed by atoms with E-state index in [1.165, 1.54) is 0 Å². The topological polar surface area (TPSA) is 71.1 Å². The molecular weight excluding hydrogens is 384 g/mol. The number of carbonyl (C=O) groups excluding carboxylic acids is 2. The molecule has 0 spiro atoms. The van der Waals surface area contributed by atoms with Crippen molar-refractivity contribution in [3.8, 4) is 17.2 Å². The molecule has 4 rings (SSSR count). The summed E-state index contributed by atoms with van der Waals surface area (Å²) < 4.78 is 22.2. The molecule has 2 aliphatic rings. The smallest absolute Gasteiger partial charge is 0.344 e. The third kappa shape index (κ3) is 4.08. The van der Waals surface area contributed by atoms with Crippen molar-refractivity contribution in [3.63, 3.8) is 0 Å². The molecule has 0 aliphatic carbocycles. The summed E-state index contributed by atoms with van der Waals surface area (Å²) in [5.41, 5.74) is 2.25. The molecule has 6 heteroatoms. The minimum atomic E-state index is -0.457. The molecule has 0 unspecified atom stereocenters. The molecule has 0 amide bonds. The lowest BCUT2D eigenvalue weighted by Crippen LogP contribution is -2.18. The molecule has 0 N–H and O–H groups in total. The quantitative estimate of drug-likeness (QED) is 0.543. The molecule has 1 atom stereocenters. The first-order valence-electron chi connectivity index (χ1n) is 9.78. The van der Waals surface area contributed by atoms with Gasteiger partial charge >= 0.3 is 5.97 Å². The Morgan fingerprint density at radius 2 is 1.97 bits per heavy atom. The van der Waals surface area contributed by atoms with Gasteiger partial charge in [-0.2, -0.15) is 0 Å². The molecule has 0 bridgehead atoms. The number of allylic oxidation sites excluding steroid dienone is 1. The highest BCUT2D eigenvalue weighted by molar-refractivity contribution is 6.12.